The van der Waals surface area contributed by atoms with Crippen LogP contribution in [0.4, 0.5) is 11.4 Å². The number of hydrazine groups is 1. The van der Waals surface area contributed by atoms with Gasteiger partial charge in [-0.05, 0) is 49.6 Å². The summed E-state index contributed by atoms with van der Waals surface area (Å²) in [6, 6.07) is 9.60. The highest BCUT2D eigenvalue weighted by molar-refractivity contribution is 7.80. The highest BCUT2D eigenvalue weighted by Crippen LogP contribution is 2.28. The van der Waals surface area contributed by atoms with Crippen LogP contribution in [0.25, 0.3) is 0 Å². The first-order chi connectivity index (χ1) is 13.4. The van der Waals surface area contributed by atoms with E-state index in [1.54, 1.807) is 13.1 Å². The molecule has 0 bridgehead atoms. The monoisotopic (exact) mass is 419 g/mol. The van der Waals surface area contributed by atoms with Gasteiger partial charge in [0.05, 0.1) is 29.1 Å². The number of hydrogen-bond donors (Lipinski definition) is 4. The van der Waals surface area contributed by atoms with Crippen LogP contribution in [-0.2, 0) is 0 Å². The number of nitrogens with one attached hydrogen (secondary N) is 4. The van der Waals surface area contributed by atoms with E-state index in [1.807, 2.05) is 18.2 Å². The maximum atomic E-state index is 10.9. The Kier molecular flexibility index (Phi) is 7.54. The molecular formula is C16H17N7O3S2. The number of benzene rings is 1. The molecular weight excluding hydrogens is 402 g/mol. The summed E-state index contributed by atoms with van der Waals surface area (Å²) in [6.07, 6.45) is 1.67. The highest BCUT2D eigenvalue weighted by Gasteiger charge is 2.12. The summed E-state index contributed by atoms with van der Waals surface area (Å²) in [6.45, 7) is 1.78. The number of nitro benzene ring substituents is 1. The quantitative estimate of drug-likeness (QED) is 0.248. The second kappa shape index (κ2) is 10.1. The minimum Gasteiger partial charge on any atom is -0.495 e. The maximum absolute atomic E-state index is 10.9. The van der Waals surface area contributed by atoms with Crippen LogP contribution < -0.4 is 26.3 Å². The van der Waals surface area contributed by atoms with Gasteiger partial charge in [-0.25, -0.2) is 0 Å². The molecule has 0 aliphatic rings. The molecule has 10 nitrogen and oxygen atoms in total. The Morgan fingerprint density at radius 2 is 1.96 bits per heavy atom. The Morgan fingerprint density at radius 3 is 2.61 bits per heavy atom. The molecule has 1 aromatic heterocycles. The van der Waals surface area contributed by atoms with Crippen LogP contribution in [0.15, 0.2) is 47.7 Å². The average Bonchev–Trinajstić information content (AvgIpc) is 2.71. The van der Waals surface area contributed by atoms with Crippen molar-refractivity contribution in [3.05, 3.63) is 58.4 Å². The number of aromatic nitrogens is 1. The van der Waals surface area contributed by atoms with Crippen molar-refractivity contribution in [1.29, 1.82) is 0 Å². The van der Waals surface area contributed by atoms with Crippen LogP contribution in [0.2, 0.25) is 0 Å². The second-order valence-electron chi connectivity index (χ2n) is 5.20. The number of rotatable bonds is 5. The molecule has 0 aliphatic carbocycles. The van der Waals surface area contributed by atoms with Crippen molar-refractivity contribution in [3.8, 4) is 5.75 Å². The zero-order valence-corrected chi connectivity index (χ0v) is 16.6. The van der Waals surface area contributed by atoms with Crippen LogP contribution in [0.5, 0.6) is 5.75 Å². The third-order valence-electron chi connectivity index (χ3n) is 3.29. The van der Waals surface area contributed by atoms with Crippen molar-refractivity contribution in [2.45, 2.75) is 6.92 Å². The number of thiocarbonyl (C=S) groups is 2. The molecule has 0 unspecified atom stereocenters. The third-order valence-corrected chi connectivity index (χ3v) is 3.69. The minimum atomic E-state index is -0.514. The lowest BCUT2D eigenvalue weighted by Crippen LogP contribution is -2.47. The van der Waals surface area contributed by atoms with Gasteiger partial charge in [0, 0.05) is 18.3 Å². The van der Waals surface area contributed by atoms with Crippen LogP contribution in [0, 0.1) is 10.1 Å². The molecule has 12 heteroatoms. The van der Waals surface area contributed by atoms with Gasteiger partial charge < -0.3 is 10.1 Å². The van der Waals surface area contributed by atoms with E-state index in [1.165, 1.54) is 25.3 Å². The summed E-state index contributed by atoms with van der Waals surface area (Å²) in [4.78, 5) is 14.6. The number of non-ortho nitro benzene ring substituents is 1. The van der Waals surface area contributed by atoms with Gasteiger partial charge in [-0.3, -0.25) is 31.4 Å². The first-order valence-corrected chi connectivity index (χ1v) is 8.63. The number of hydrazone groups is 1. The van der Waals surface area contributed by atoms with Crippen LogP contribution >= 0.6 is 24.4 Å². The Bertz CT molecular complexity index is 906. The van der Waals surface area contributed by atoms with Gasteiger partial charge in [0.15, 0.2) is 5.11 Å². The standard InChI is InChI=1S/C16H17N7O3S2/c1-10(12-5-3-4-8-17-12)19-21-16(28)22-20-15(27)18-13-9-11(23(24)25)6-7-14(13)26-2/h3-9H,1-2H3,(H2,18,20,27)(H2,21,22,28)/b19-10+. The fraction of sp³-hybridized carbons (Fsp3) is 0.125. The van der Waals surface area contributed by atoms with Crippen molar-refractivity contribution in [3.63, 3.8) is 0 Å². The Morgan fingerprint density at radius 1 is 1.21 bits per heavy atom. The van der Waals surface area contributed by atoms with Gasteiger partial charge >= 0.3 is 0 Å². The molecule has 0 saturated carbocycles. The molecule has 146 valence electrons. The lowest BCUT2D eigenvalue weighted by atomic mass is 10.2. The lowest BCUT2D eigenvalue weighted by molar-refractivity contribution is -0.384. The van der Waals surface area contributed by atoms with Gasteiger partial charge in [0.1, 0.15) is 5.75 Å². The largest absolute Gasteiger partial charge is 0.495 e. The molecule has 0 spiro atoms. The lowest BCUT2D eigenvalue weighted by Gasteiger charge is -2.14. The van der Waals surface area contributed by atoms with E-state index < -0.39 is 4.92 Å². The second-order valence-corrected chi connectivity index (χ2v) is 6.02. The smallest absolute Gasteiger partial charge is 0.271 e. The predicted octanol–water partition coefficient (Wildman–Crippen LogP) is 2.09. The van der Waals surface area contributed by atoms with Crippen LogP contribution in [-0.4, -0.2) is 33.0 Å². The molecule has 28 heavy (non-hydrogen) atoms. The van der Waals surface area contributed by atoms with Crippen molar-refractivity contribution in [1.82, 2.24) is 21.3 Å². The van der Waals surface area contributed by atoms with E-state index in [-0.39, 0.29) is 15.9 Å². The van der Waals surface area contributed by atoms with Crippen LogP contribution in [0.1, 0.15) is 12.6 Å². The molecule has 0 saturated heterocycles. The van der Waals surface area contributed by atoms with E-state index in [0.29, 0.717) is 22.8 Å². The minimum absolute atomic E-state index is 0.101. The van der Waals surface area contributed by atoms with Crippen molar-refractivity contribution in [2.24, 2.45) is 5.10 Å². The molecule has 1 aromatic carbocycles. The molecule has 4 N–H and O–H groups in total. The van der Waals surface area contributed by atoms with Crippen molar-refractivity contribution < 1.29 is 9.66 Å². The highest BCUT2D eigenvalue weighted by atomic mass is 32.1. The third kappa shape index (κ3) is 6.10. The van der Waals surface area contributed by atoms with Crippen molar-refractivity contribution in [2.75, 3.05) is 12.4 Å². The summed E-state index contributed by atoms with van der Waals surface area (Å²) in [7, 11) is 1.45. The van der Waals surface area contributed by atoms with Gasteiger partial charge in [-0.15, -0.1) is 0 Å². The van der Waals surface area contributed by atoms with E-state index >= 15 is 0 Å². The zero-order valence-electron chi connectivity index (χ0n) is 14.9. The van der Waals surface area contributed by atoms with Gasteiger partial charge in [0.25, 0.3) is 5.69 Å². The average molecular weight is 419 g/mol. The number of ether oxygens (including phenoxy) is 1. The molecule has 2 rings (SSSR count). The summed E-state index contributed by atoms with van der Waals surface area (Å²) in [5.41, 5.74) is 9.54. The summed E-state index contributed by atoms with van der Waals surface area (Å²) < 4.78 is 5.16. The number of methoxy groups -OCH3 is 1. The first kappa shape index (κ1) is 20.9. The molecule has 0 fully saturated rings. The van der Waals surface area contributed by atoms with E-state index in [4.69, 9.17) is 29.2 Å². The van der Waals surface area contributed by atoms with E-state index in [9.17, 15) is 10.1 Å². The molecule has 2 aromatic rings. The van der Waals surface area contributed by atoms with Gasteiger partial charge in [-0.1, -0.05) is 6.07 Å². The molecule has 0 amide bonds. The SMILES string of the molecule is COc1ccc([N+](=O)[O-])cc1NC(=S)NNC(=S)N/N=C(\C)c1ccccn1. The normalized spacial score (nSPS) is 10.6. The fourth-order valence-corrected chi connectivity index (χ4v) is 2.23. The summed E-state index contributed by atoms with van der Waals surface area (Å²) in [5.74, 6) is 0.394. The predicted molar refractivity (Wildman–Crippen MR) is 114 cm³/mol. The van der Waals surface area contributed by atoms with E-state index in [0.717, 1.165) is 0 Å². The van der Waals surface area contributed by atoms with E-state index in [2.05, 4.69) is 31.7 Å². The number of nitro groups is 1. The van der Waals surface area contributed by atoms with Crippen LogP contribution in [0.3, 0.4) is 0 Å². The molecule has 0 atom stereocenters. The Balaban J connectivity index is 1.89. The maximum Gasteiger partial charge on any atom is 0.271 e. The topological polar surface area (TPSA) is 126 Å². The number of nitrogens with zero attached hydrogens (tertiary/aromatic N) is 3. The van der Waals surface area contributed by atoms with Crippen molar-refractivity contribution >= 4 is 51.7 Å². The molecule has 0 radical (unpaired) electrons. The summed E-state index contributed by atoms with van der Waals surface area (Å²) >= 11 is 10.2. The van der Waals surface area contributed by atoms with Gasteiger partial charge in [-0.2, -0.15) is 5.10 Å². The first-order valence-electron chi connectivity index (χ1n) is 7.82. The number of pyridine rings is 1. The number of anilines is 1. The number of hydrogen-bond acceptors (Lipinski definition) is 7. The molecule has 0 aliphatic heterocycles. The zero-order chi connectivity index (χ0) is 20.5. The fourth-order valence-electron chi connectivity index (χ4n) is 1.97. The Labute approximate surface area is 171 Å². The Hall–Kier alpha value is -3.38. The van der Waals surface area contributed by atoms with Gasteiger partial charge in [0.2, 0.25) is 5.11 Å². The molecule has 1 heterocycles. The summed E-state index contributed by atoms with van der Waals surface area (Å²) in [5, 5.41) is 18.1.